The molecular weight excluding hydrogens is 274 g/mol. The molecule has 1 N–H and O–H groups in total. The van der Waals surface area contributed by atoms with Crippen molar-refractivity contribution in [3.8, 4) is 0 Å². The van der Waals surface area contributed by atoms with Gasteiger partial charge in [-0.2, -0.15) is 0 Å². The molecule has 2 aromatic rings. The maximum atomic E-state index is 5.61. The largest absolute Gasteiger partial charge is 0.466 e. The number of nitrogens with one attached hydrogen (secondary N) is 1. The lowest BCUT2D eigenvalue weighted by atomic mass is 10.1. The van der Waals surface area contributed by atoms with Crippen molar-refractivity contribution in [2.24, 2.45) is 0 Å². The van der Waals surface area contributed by atoms with Gasteiger partial charge in [-0.25, -0.2) is 0 Å². The van der Waals surface area contributed by atoms with E-state index in [4.69, 9.17) is 4.42 Å². The smallest absolute Gasteiger partial charge is 0.105 e. The van der Waals surface area contributed by atoms with Crippen LogP contribution in [0.3, 0.4) is 0 Å². The van der Waals surface area contributed by atoms with Crippen LogP contribution in [0.4, 0.5) is 0 Å². The summed E-state index contributed by atoms with van der Waals surface area (Å²) in [6.07, 6.45) is 0. The summed E-state index contributed by atoms with van der Waals surface area (Å²) < 4.78 is 5.61. The molecule has 0 aliphatic carbocycles. The molecule has 1 atom stereocenters. The fourth-order valence-electron chi connectivity index (χ4n) is 2.58. The quantitative estimate of drug-likeness (QED) is 0.833. The number of hydrogen-bond donors (Lipinski definition) is 1. The van der Waals surface area contributed by atoms with E-state index in [1.807, 2.05) is 13.8 Å². The first-order chi connectivity index (χ1) is 9.77. The molecule has 3 heteroatoms. The minimum Gasteiger partial charge on any atom is -0.466 e. The molecule has 2 rings (SSSR count). The second-order valence-corrected chi connectivity index (χ2v) is 12.0. The van der Waals surface area contributed by atoms with Crippen molar-refractivity contribution < 1.29 is 4.42 Å². The van der Waals surface area contributed by atoms with Crippen LogP contribution in [-0.4, -0.2) is 8.07 Å². The van der Waals surface area contributed by atoms with E-state index in [0.29, 0.717) is 6.04 Å². The normalized spacial score (nSPS) is 13.4. The molecule has 1 heterocycles. The molecule has 0 saturated heterocycles. The highest BCUT2D eigenvalue weighted by Crippen LogP contribution is 2.21. The summed E-state index contributed by atoms with van der Waals surface area (Å²) in [7, 11) is -1.19. The predicted molar refractivity (Wildman–Crippen MR) is 92.9 cm³/mol. The summed E-state index contributed by atoms with van der Waals surface area (Å²) >= 11 is 0. The molecule has 114 valence electrons. The van der Waals surface area contributed by atoms with E-state index in [2.05, 4.69) is 62.2 Å². The van der Waals surface area contributed by atoms with Crippen LogP contribution in [0.2, 0.25) is 19.6 Å². The Kier molecular flexibility index (Phi) is 4.74. The molecule has 0 radical (unpaired) electrons. The van der Waals surface area contributed by atoms with Gasteiger partial charge in [0.05, 0.1) is 8.07 Å². The Bertz CT molecular complexity index is 593. The van der Waals surface area contributed by atoms with Crippen LogP contribution in [0.5, 0.6) is 0 Å². The van der Waals surface area contributed by atoms with Crippen molar-refractivity contribution in [1.82, 2.24) is 5.32 Å². The third-order valence-electron chi connectivity index (χ3n) is 3.98. The molecule has 21 heavy (non-hydrogen) atoms. The average molecular weight is 302 g/mol. The van der Waals surface area contributed by atoms with E-state index < -0.39 is 8.07 Å². The molecule has 1 unspecified atom stereocenters. The second-order valence-electron chi connectivity index (χ2n) is 6.92. The van der Waals surface area contributed by atoms with E-state index in [0.717, 1.165) is 18.1 Å². The van der Waals surface area contributed by atoms with E-state index >= 15 is 0 Å². The SMILES string of the molecule is Cc1cc(C(C)NCc2ccc([Si](C)(C)C)cc2)c(C)o1. The summed E-state index contributed by atoms with van der Waals surface area (Å²) in [4.78, 5) is 0. The van der Waals surface area contributed by atoms with Gasteiger partial charge in [-0.15, -0.1) is 0 Å². The van der Waals surface area contributed by atoms with E-state index in [-0.39, 0.29) is 0 Å². The zero-order valence-corrected chi connectivity index (χ0v) is 15.1. The molecule has 0 aliphatic rings. The molecule has 1 aromatic carbocycles. The highest BCUT2D eigenvalue weighted by molar-refractivity contribution is 6.88. The molecule has 0 fully saturated rings. The predicted octanol–water partition coefficient (Wildman–Crippen LogP) is 4.29. The van der Waals surface area contributed by atoms with Crippen molar-refractivity contribution in [2.45, 2.75) is 53.0 Å². The number of aryl methyl sites for hydroxylation is 2. The minimum absolute atomic E-state index is 0.305. The van der Waals surface area contributed by atoms with Crippen LogP contribution in [-0.2, 0) is 6.54 Å². The summed E-state index contributed by atoms with van der Waals surface area (Å²) in [5.41, 5.74) is 2.59. The Morgan fingerprint density at radius 3 is 2.19 bits per heavy atom. The Morgan fingerprint density at radius 2 is 1.71 bits per heavy atom. The van der Waals surface area contributed by atoms with Gasteiger partial charge in [-0.1, -0.05) is 49.1 Å². The number of hydrogen-bond acceptors (Lipinski definition) is 2. The zero-order valence-electron chi connectivity index (χ0n) is 14.1. The molecule has 2 nitrogen and oxygen atoms in total. The van der Waals surface area contributed by atoms with Crippen LogP contribution in [0, 0.1) is 13.8 Å². The third-order valence-corrected chi connectivity index (χ3v) is 6.04. The lowest BCUT2D eigenvalue weighted by molar-refractivity contribution is 0.489. The topological polar surface area (TPSA) is 25.2 Å². The number of rotatable bonds is 5. The van der Waals surface area contributed by atoms with Gasteiger partial charge in [0, 0.05) is 18.2 Å². The maximum Gasteiger partial charge on any atom is 0.105 e. The Labute approximate surface area is 129 Å². The molecular formula is C18H27NOSi. The first-order valence-electron chi connectivity index (χ1n) is 7.67. The van der Waals surface area contributed by atoms with Gasteiger partial charge >= 0.3 is 0 Å². The standard InChI is InChI=1S/C18H27NOSi/c1-13-11-18(15(3)20-13)14(2)19-12-16-7-9-17(10-8-16)21(4,5)6/h7-11,14,19H,12H2,1-6H3. The van der Waals surface area contributed by atoms with Crippen molar-refractivity contribution in [2.75, 3.05) is 0 Å². The number of furan rings is 1. The van der Waals surface area contributed by atoms with Crippen LogP contribution in [0.1, 0.15) is 35.6 Å². The maximum absolute atomic E-state index is 5.61. The fraction of sp³-hybridized carbons (Fsp3) is 0.444. The van der Waals surface area contributed by atoms with Gasteiger partial charge in [-0.05, 0) is 32.4 Å². The van der Waals surface area contributed by atoms with Gasteiger partial charge in [0.25, 0.3) is 0 Å². The Hall–Kier alpha value is -1.32. The lowest BCUT2D eigenvalue weighted by Crippen LogP contribution is -2.37. The first-order valence-corrected chi connectivity index (χ1v) is 11.2. The monoisotopic (exact) mass is 301 g/mol. The summed E-state index contributed by atoms with van der Waals surface area (Å²) in [6, 6.07) is 11.5. The van der Waals surface area contributed by atoms with Crippen LogP contribution in [0.15, 0.2) is 34.7 Å². The van der Waals surface area contributed by atoms with Crippen LogP contribution >= 0.6 is 0 Å². The molecule has 0 aliphatic heterocycles. The van der Waals surface area contributed by atoms with Gasteiger partial charge in [-0.3, -0.25) is 0 Å². The lowest BCUT2D eigenvalue weighted by Gasteiger charge is -2.17. The average Bonchev–Trinajstić information content (AvgIpc) is 2.74. The van der Waals surface area contributed by atoms with Gasteiger partial charge in [0.15, 0.2) is 0 Å². The fourth-order valence-corrected chi connectivity index (χ4v) is 3.75. The molecule has 0 spiro atoms. The van der Waals surface area contributed by atoms with E-state index in [1.54, 1.807) is 0 Å². The molecule has 0 saturated carbocycles. The molecule has 0 amide bonds. The van der Waals surface area contributed by atoms with Gasteiger partial charge in [0.1, 0.15) is 11.5 Å². The van der Waals surface area contributed by atoms with Crippen molar-refractivity contribution in [3.63, 3.8) is 0 Å². The van der Waals surface area contributed by atoms with Crippen LogP contribution in [0.25, 0.3) is 0 Å². The summed E-state index contributed by atoms with van der Waals surface area (Å²) in [5.74, 6) is 2.00. The van der Waals surface area contributed by atoms with Gasteiger partial charge in [0.2, 0.25) is 0 Å². The molecule has 0 bridgehead atoms. The van der Waals surface area contributed by atoms with E-state index in [9.17, 15) is 0 Å². The number of benzene rings is 1. The van der Waals surface area contributed by atoms with Crippen molar-refractivity contribution in [1.29, 1.82) is 0 Å². The second kappa shape index (κ2) is 6.20. The Morgan fingerprint density at radius 1 is 1.10 bits per heavy atom. The Balaban J connectivity index is 1.98. The van der Waals surface area contributed by atoms with Crippen LogP contribution < -0.4 is 10.5 Å². The first kappa shape index (κ1) is 16.1. The highest BCUT2D eigenvalue weighted by Gasteiger charge is 2.16. The third kappa shape index (κ3) is 4.08. The minimum atomic E-state index is -1.19. The van der Waals surface area contributed by atoms with Crippen molar-refractivity contribution >= 4 is 13.3 Å². The summed E-state index contributed by atoms with van der Waals surface area (Å²) in [5, 5.41) is 5.09. The van der Waals surface area contributed by atoms with Gasteiger partial charge < -0.3 is 9.73 Å². The van der Waals surface area contributed by atoms with E-state index in [1.165, 1.54) is 16.3 Å². The zero-order chi connectivity index (χ0) is 15.6. The highest BCUT2D eigenvalue weighted by atomic mass is 28.3. The summed E-state index contributed by atoms with van der Waals surface area (Å²) in [6.45, 7) is 14.2. The molecule has 1 aromatic heterocycles. The van der Waals surface area contributed by atoms with Crippen molar-refractivity contribution in [3.05, 3.63) is 53.0 Å².